The molecule has 1 unspecified atom stereocenters. The van der Waals surface area contributed by atoms with Crippen LogP contribution in [-0.4, -0.2) is 0 Å². The largest absolute Gasteiger partial charge is 0.271 e. The van der Waals surface area contributed by atoms with E-state index in [-0.39, 0.29) is 6.04 Å². The predicted molar refractivity (Wildman–Crippen MR) is 94.8 cm³/mol. The molecule has 2 aromatic rings. The number of nitrogens with two attached hydrogens (primary N) is 1. The number of hydrogen-bond donors (Lipinski definition) is 2. The van der Waals surface area contributed by atoms with Gasteiger partial charge in [-0.05, 0) is 64.4 Å². The molecule has 3 N–H and O–H groups in total. The standard InChI is InChI=1S/C14H13Br2IN2/c15-10-5-6-13(17)11(8-10)14(19-18)7-9-3-1-2-4-12(9)16/h1-6,8,14,19H,7,18H2. The molecule has 0 aliphatic rings. The maximum Gasteiger partial charge on any atom is 0.0511 e. The molecular formula is C14H13Br2IN2. The zero-order valence-electron chi connectivity index (χ0n) is 10.0. The quantitative estimate of drug-likeness (QED) is 0.371. The fourth-order valence-electron chi connectivity index (χ4n) is 1.92. The average molecular weight is 496 g/mol. The van der Waals surface area contributed by atoms with Crippen molar-refractivity contribution in [1.82, 2.24) is 5.43 Å². The van der Waals surface area contributed by atoms with Crippen molar-refractivity contribution in [2.75, 3.05) is 0 Å². The smallest absolute Gasteiger partial charge is 0.0511 e. The van der Waals surface area contributed by atoms with Gasteiger partial charge in [-0.1, -0.05) is 50.1 Å². The van der Waals surface area contributed by atoms with Crippen LogP contribution in [0.5, 0.6) is 0 Å². The Labute approximate surface area is 143 Å². The molecule has 0 fully saturated rings. The molecule has 0 heterocycles. The van der Waals surface area contributed by atoms with E-state index in [9.17, 15) is 0 Å². The van der Waals surface area contributed by atoms with Gasteiger partial charge < -0.3 is 0 Å². The van der Waals surface area contributed by atoms with Gasteiger partial charge >= 0.3 is 0 Å². The molecule has 100 valence electrons. The first kappa shape index (κ1) is 15.4. The molecule has 19 heavy (non-hydrogen) atoms. The van der Waals surface area contributed by atoms with Crippen LogP contribution in [0, 0.1) is 3.57 Å². The third kappa shape index (κ3) is 4.01. The molecule has 0 aliphatic carbocycles. The van der Waals surface area contributed by atoms with Crippen LogP contribution >= 0.6 is 54.5 Å². The Morgan fingerprint density at radius 1 is 1.16 bits per heavy atom. The third-order valence-electron chi connectivity index (χ3n) is 2.92. The maximum absolute atomic E-state index is 5.74. The van der Waals surface area contributed by atoms with Crippen molar-refractivity contribution in [2.45, 2.75) is 12.5 Å². The highest BCUT2D eigenvalue weighted by molar-refractivity contribution is 14.1. The van der Waals surface area contributed by atoms with E-state index >= 15 is 0 Å². The lowest BCUT2D eigenvalue weighted by molar-refractivity contribution is 0.548. The lowest BCUT2D eigenvalue weighted by Gasteiger charge is -2.19. The molecule has 0 radical (unpaired) electrons. The molecule has 0 saturated heterocycles. The number of hydrogen-bond acceptors (Lipinski definition) is 2. The van der Waals surface area contributed by atoms with E-state index in [1.165, 1.54) is 14.7 Å². The summed E-state index contributed by atoms with van der Waals surface area (Å²) in [5.41, 5.74) is 5.35. The molecule has 0 aliphatic heterocycles. The van der Waals surface area contributed by atoms with Gasteiger partial charge in [-0.3, -0.25) is 11.3 Å². The van der Waals surface area contributed by atoms with Crippen molar-refractivity contribution in [3.63, 3.8) is 0 Å². The first-order chi connectivity index (χ1) is 9.11. The zero-order chi connectivity index (χ0) is 13.8. The summed E-state index contributed by atoms with van der Waals surface area (Å²) < 4.78 is 3.38. The predicted octanol–water partition coefficient (Wildman–Crippen LogP) is 4.56. The van der Waals surface area contributed by atoms with Gasteiger partial charge in [-0.15, -0.1) is 0 Å². The molecular weight excluding hydrogens is 483 g/mol. The molecule has 2 aromatic carbocycles. The van der Waals surface area contributed by atoms with Gasteiger partial charge in [0.2, 0.25) is 0 Å². The van der Waals surface area contributed by atoms with E-state index in [1.54, 1.807) is 0 Å². The summed E-state index contributed by atoms with van der Waals surface area (Å²) in [7, 11) is 0. The fraction of sp³-hybridized carbons (Fsp3) is 0.143. The van der Waals surface area contributed by atoms with Gasteiger partial charge in [-0.2, -0.15) is 0 Å². The van der Waals surface area contributed by atoms with Gasteiger partial charge in [0.1, 0.15) is 0 Å². The second kappa shape index (κ2) is 7.17. The normalized spacial score (nSPS) is 12.4. The van der Waals surface area contributed by atoms with Crippen molar-refractivity contribution in [2.24, 2.45) is 5.84 Å². The second-order valence-electron chi connectivity index (χ2n) is 4.18. The van der Waals surface area contributed by atoms with E-state index in [0.717, 1.165) is 15.4 Å². The summed E-state index contributed by atoms with van der Waals surface area (Å²) in [6.45, 7) is 0. The molecule has 5 heteroatoms. The number of hydrazine groups is 1. The highest BCUT2D eigenvalue weighted by Gasteiger charge is 2.15. The highest BCUT2D eigenvalue weighted by Crippen LogP contribution is 2.28. The van der Waals surface area contributed by atoms with Crippen LogP contribution < -0.4 is 11.3 Å². The van der Waals surface area contributed by atoms with Crippen molar-refractivity contribution in [3.05, 3.63) is 66.1 Å². The second-order valence-corrected chi connectivity index (χ2v) is 7.11. The monoisotopic (exact) mass is 494 g/mol. The minimum absolute atomic E-state index is 0.0862. The van der Waals surface area contributed by atoms with Crippen LogP contribution in [0.4, 0.5) is 0 Å². The Morgan fingerprint density at radius 2 is 1.89 bits per heavy atom. The average Bonchev–Trinajstić information content (AvgIpc) is 2.41. The van der Waals surface area contributed by atoms with Crippen LogP contribution in [-0.2, 0) is 6.42 Å². The Morgan fingerprint density at radius 3 is 2.58 bits per heavy atom. The number of rotatable bonds is 4. The number of halogens is 3. The van der Waals surface area contributed by atoms with Crippen molar-refractivity contribution in [3.8, 4) is 0 Å². The minimum atomic E-state index is 0.0862. The summed E-state index contributed by atoms with van der Waals surface area (Å²) in [6.07, 6.45) is 0.838. The molecule has 0 spiro atoms. The van der Waals surface area contributed by atoms with E-state index < -0.39 is 0 Å². The van der Waals surface area contributed by atoms with Crippen LogP contribution in [0.2, 0.25) is 0 Å². The van der Waals surface area contributed by atoms with Gasteiger partial charge in [0.15, 0.2) is 0 Å². The van der Waals surface area contributed by atoms with Gasteiger partial charge in [0, 0.05) is 12.5 Å². The van der Waals surface area contributed by atoms with Crippen LogP contribution in [0.25, 0.3) is 0 Å². The van der Waals surface area contributed by atoms with Crippen molar-refractivity contribution in [1.29, 1.82) is 0 Å². The lowest BCUT2D eigenvalue weighted by atomic mass is 9.99. The van der Waals surface area contributed by atoms with Gasteiger partial charge in [0.25, 0.3) is 0 Å². The number of benzene rings is 2. The highest BCUT2D eigenvalue weighted by atomic mass is 127. The lowest BCUT2D eigenvalue weighted by Crippen LogP contribution is -2.30. The minimum Gasteiger partial charge on any atom is -0.271 e. The SMILES string of the molecule is NNC(Cc1ccccc1Br)c1cc(Br)ccc1I. The van der Waals surface area contributed by atoms with Gasteiger partial charge in [0.05, 0.1) is 6.04 Å². The molecule has 0 saturated carbocycles. The summed E-state index contributed by atoms with van der Waals surface area (Å²) >= 11 is 9.43. The Balaban J connectivity index is 2.30. The van der Waals surface area contributed by atoms with Crippen molar-refractivity contribution < 1.29 is 0 Å². The van der Waals surface area contributed by atoms with Crippen LogP contribution in [0.3, 0.4) is 0 Å². The van der Waals surface area contributed by atoms with E-state index in [0.29, 0.717) is 0 Å². The molecule has 2 nitrogen and oxygen atoms in total. The van der Waals surface area contributed by atoms with Crippen molar-refractivity contribution >= 4 is 54.5 Å². The van der Waals surface area contributed by atoms with Gasteiger partial charge in [-0.25, -0.2) is 0 Å². The molecule has 0 aromatic heterocycles. The Bertz CT molecular complexity index is 575. The molecule has 0 bridgehead atoms. The number of nitrogens with one attached hydrogen (secondary N) is 1. The van der Waals surface area contributed by atoms with E-state index in [1.807, 2.05) is 18.2 Å². The third-order valence-corrected chi connectivity index (χ3v) is 5.17. The van der Waals surface area contributed by atoms with Crippen LogP contribution in [0.1, 0.15) is 17.2 Å². The summed E-state index contributed by atoms with van der Waals surface area (Å²) in [6, 6.07) is 14.5. The first-order valence-corrected chi connectivity index (χ1v) is 8.42. The van der Waals surface area contributed by atoms with E-state index in [2.05, 4.69) is 84.1 Å². The first-order valence-electron chi connectivity index (χ1n) is 5.76. The topological polar surface area (TPSA) is 38.0 Å². The van der Waals surface area contributed by atoms with E-state index in [4.69, 9.17) is 5.84 Å². The fourth-order valence-corrected chi connectivity index (χ4v) is 3.46. The summed E-state index contributed by atoms with van der Waals surface area (Å²) in [5.74, 6) is 5.74. The maximum atomic E-state index is 5.74. The van der Waals surface area contributed by atoms with Crippen LogP contribution in [0.15, 0.2) is 51.4 Å². The Kier molecular flexibility index (Phi) is 5.83. The zero-order valence-corrected chi connectivity index (χ0v) is 15.4. The molecule has 0 amide bonds. The Hall–Kier alpha value is 0.0500. The summed E-state index contributed by atoms with van der Waals surface area (Å²) in [5, 5.41) is 0. The molecule has 2 rings (SSSR count). The molecule has 1 atom stereocenters. The summed E-state index contributed by atoms with van der Waals surface area (Å²) in [4.78, 5) is 0.